The zero-order chi connectivity index (χ0) is 27.9. The number of nitrogens with zero attached hydrogens (tertiary/aromatic N) is 1. The lowest BCUT2D eigenvalue weighted by molar-refractivity contribution is -0.127. The Bertz CT molecular complexity index is 1300. The van der Waals surface area contributed by atoms with Crippen LogP contribution in [0, 0.1) is 0 Å². The minimum atomic E-state index is -1.11. The monoisotopic (exact) mass is 535 g/mol. The third-order valence-corrected chi connectivity index (χ3v) is 7.07. The minimum Gasteiger partial charge on any atom is -0.497 e. The van der Waals surface area contributed by atoms with Gasteiger partial charge in [-0.2, -0.15) is 0 Å². The molecule has 38 heavy (non-hydrogen) atoms. The molecule has 0 saturated carbocycles. The number of nitrogens with one attached hydrogen (secondary N) is 2. The number of carbonyl (C=O) groups is 4. The number of thiophene rings is 1. The van der Waals surface area contributed by atoms with Gasteiger partial charge in [-0.25, -0.2) is 0 Å². The largest absolute Gasteiger partial charge is 0.497 e. The normalized spacial score (nSPS) is 11.8. The van der Waals surface area contributed by atoms with Crippen molar-refractivity contribution in [2.75, 3.05) is 18.6 Å². The molecule has 0 saturated heterocycles. The second-order valence-electron chi connectivity index (χ2n) is 9.44. The molecule has 1 unspecified atom stereocenters. The molecular weight excluding hydrogens is 502 g/mol. The van der Waals surface area contributed by atoms with Crippen molar-refractivity contribution in [1.82, 2.24) is 10.6 Å². The molecule has 2 aromatic carbocycles. The molecule has 1 aromatic heterocycles. The van der Waals surface area contributed by atoms with Crippen molar-refractivity contribution in [3.63, 3.8) is 0 Å². The van der Waals surface area contributed by atoms with Crippen molar-refractivity contribution in [3.8, 4) is 5.75 Å². The fraction of sp³-hybridized carbons (Fsp3) is 0.310. The van der Waals surface area contributed by atoms with Crippen LogP contribution in [0.15, 0.2) is 66.0 Å². The first-order valence-corrected chi connectivity index (χ1v) is 13.1. The predicted octanol–water partition coefficient (Wildman–Crippen LogP) is 4.77. The van der Waals surface area contributed by atoms with Crippen molar-refractivity contribution in [3.05, 3.63) is 82.0 Å². The zero-order valence-electron chi connectivity index (χ0n) is 22.2. The van der Waals surface area contributed by atoms with Gasteiger partial charge in [0, 0.05) is 16.8 Å². The Morgan fingerprint density at radius 1 is 1.03 bits per heavy atom. The van der Waals surface area contributed by atoms with E-state index >= 15 is 0 Å². The van der Waals surface area contributed by atoms with Crippen LogP contribution in [-0.2, 0) is 9.59 Å². The summed E-state index contributed by atoms with van der Waals surface area (Å²) in [5.74, 6) is -0.977. The van der Waals surface area contributed by atoms with E-state index in [0.717, 1.165) is 0 Å². The molecule has 3 rings (SSSR count). The van der Waals surface area contributed by atoms with Crippen molar-refractivity contribution >= 4 is 40.5 Å². The van der Waals surface area contributed by atoms with Gasteiger partial charge in [-0.15, -0.1) is 11.3 Å². The molecule has 0 spiro atoms. The summed E-state index contributed by atoms with van der Waals surface area (Å²) in [6, 6.07) is 15.8. The summed E-state index contributed by atoms with van der Waals surface area (Å²) in [7, 11) is 1.52. The molecule has 9 heteroatoms. The van der Waals surface area contributed by atoms with Crippen molar-refractivity contribution < 1.29 is 23.9 Å². The van der Waals surface area contributed by atoms with Gasteiger partial charge in [0.15, 0.2) is 5.78 Å². The summed E-state index contributed by atoms with van der Waals surface area (Å²) in [6.45, 7) is 6.84. The van der Waals surface area contributed by atoms with Crippen molar-refractivity contribution in [2.24, 2.45) is 0 Å². The number of Topliss-reactive ketones (excluding diaryl/α,β-unsaturated/α-hetero) is 1. The van der Waals surface area contributed by atoms with Gasteiger partial charge in [-0.1, -0.05) is 37.3 Å². The number of methoxy groups -OCH3 is 1. The zero-order valence-corrected chi connectivity index (χ0v) is 23.1. The summed E-state index contributed by atoms with van der Waals surface area (Å²) < 4.78 is 5.39. The van der Waals surface area contributed by atoms with E-state index in [9.17, 15) is 19.2 Å². The molecule has 1 heterocycles. The van der Waals surface area contributed by atoms with Crippen LogP contribution in [0.1, 0.15) is 65.8 Å². The lowest BCUT2D eigenvalue weighted by Gasteiger charge is -2.35. The van der Waals surface area contributed by atoms with Gasteiger partial charge in [-0.3, -0.25) is 24.1 Å². The highest BCUT2D eigenvalue weighted by Gasteiger charge is 2.35. The van der Waals surface area contributed by atoms with E-state index in [2.05, 4.69) is 10.6 Å². The number of amides is 3. The van der Waals surface area contributed by atoms with E-state index in [1.807, 2.05) is 20.8 Å². The van der Waals surface area contributed by atoms with E-state index in [1.165, 1.54) is 30.3 Å². The van der Waals surface area contributed by atoms with Crippen LogP contribution in [0.4, 0.5) is 5.69 Å². The number of anilines is 1. The van der Waals surface area contributed by atoms with E-state index in [-0.39, 0.29) is 18.2 Å². The lowest BCUT2D eigenvalue weighted by atomic mass is 9.97. The van der Waals surface area contributed by atoms with Crippen LogP contribution < -0.4 is 20.3 Å². The lowest BCUT2D eigenvalue weighted by Crippen LogP contribution is -2.52. The summed E-state index contributed by atoms with van der Waals surface area (Å²) >= 11 is 1.26. The van der Waals surface area contributed by atoms with Crippen molar-refractivity contribution in [1.29, 1.82) is 0 Å². The molecule has 3 aromatic rings. The maximum absolute atomic E-state index is 13.9. The van der Waals surface area contributed by atoms with Gasteiger partial charge in [0.2, 0.25) is 11.8 Å². The van der Waals surface area contributed by atoms with Crippen molar-refractivity contribution in [2.45, 2.75) is 45.7 Å². The SMILES string of the molecule is CCC(C)(C)NC(=O)C(c1cccc(OC)c1)N(C(=O)CNC(=O)c1cccs1)c1cccc(C(C)=O)c1. The van der Waals surface area contributed by atoms with Gasteiger partial charge in [-0.05, 0) is 68.5 Å². The molecule has 0 aliphatic carbocycles. The van der Waals surface area contributed by atoms with Gasteiger partial charge in [0.05, 0.1) is 18.5 Å². The second kappa shape index (κ2) is 12.5. The quantitative estimate of drug-likeness (QED) is 0.344. The number of carbonyl (C=O) groups excluding carboxylic acids is 4. The molecule has 200 valence electrons. The van der Waals surface area contributed by atoms with E-state index in [1.54, 1.807) is 66.0 Å². The molecule has 0 aliphatic heterocycles. The molecule has 2 N–H and O–H groups in total. The topological polar surface area (TPSA) is 105 Å². The van der Waals surface area contributed by atoms with E-state index in [0.29, 0.717) is 33.9 Å². The summed E-state index contributed by atoms with van der Waals surface area (Å²) in [4.78, 5) is 54.3. The highest BCUT2D eigenvalue weighted by molar-refractivity contribution is 7.12. The minimum absolute atomic E-state index is 0.181. The van der Waals surface area contributed by atoms with Gasteiger partial charge >= 0.3 is 0 Å². The highest BCUT2D eigenvalue weighted by atomic mass is 32.1. The third kappa shape index (κ3) is 7.07. The predicted molar refractivity (Wildman–Crippen MR) is 149 cm³/mol. The number of hydrogen-bond acceptors (Lipinski definition) is 6. The number of rotatable bonds is 11. The van der Waals surface area contributed by atoms with E-state index < -0.39 is 23.4 Å². The fourth-order valence-electron chi connectivity index (χ4n) is 3.77. The smallest absolute Gasteiger partial charge is 0.261 e. The van der Waals surface area contributed by atoms with E-state index in [4.69, 9.17) is 4.74 Å². The van der Waals surface area contributed by atoms with Gasteiger partial charge in [0.25, 0.3) is 5.91 Å². The highest BCUT2D eigenvalue weighted by Crippen LogP contribution is 2.31. The summed E-state index contributed by atoms with van der Waals surface area (Å²) in [6.07, 6.45) is 0.661. The third-order valence-electron chi connectivity index (χ3n) is 6.21. The average Bonchev–Trinajstić information content (AvgIpc) is 3.45. The van der Waals surface area contributed by atoms with Crippen LogP contribution in [0.25, 0.3) is 0 Å². The molecule has 0 radical (unpaired) electrons. The molecule has 0 aliphatic rings. The van der Waals surface area contributed by atoms with Crippen LogP contribution in [0.3, 0.4) is 0 Å². The Morgan fingerprint density at radius 3 is 2.39 bits per heavy atom. The van der Waals surface area contributed by atoms with Crippen LogP contribution in [0.2, 0.25) is 0 Å². The number of ketones is 1. The first-order valence-electron chi connectivity index (χ1n) is 12.3. The van der Waals surface area contributed by atoms with Gasteiger partial charge in [0.1, 0.15) is 11.8 Å². The molecule has 1 atom stereocenters. The van der Waals surface area contributed by atoms with Crippen LogP contribution in [-0.4, -0.2) is 42.7 Å². The molecule has 0 fully saturated rings. The molecular formula is C29H33N3O5S. The maximum atomic E-state index is 13.9. The maximum Gasteiger partial charge on any atom is 0.261 e. The average molecular weight is 536 g/mol. The number of hydrogen-bond donors (Lipinski definition) is 2. The summed E-state index contributed by atoms with van der Waals surface area (Å²) in [5, 5.41) is 7.47. The van der Waals surface area contributed by atoms with Gasteiger partial charge < -0.3 is 15.4 Å². The fourth-order valence-corrected chi connectivity index (χ4v) is 4.41. The molecule has 0 bridgehead atoms. The molecule has 3 amide bonds. The summed E-state index contributed by atoms with van der Waals surface area (Å²) in [5.41, 5.74) is 0.712. The first kappa shape index (κ1) is 28.6. The van der Waals surface area contributed by atoms with Crippen LogP contribution >= 0.6 is 11.3 Å². The number of benzene rings is 2. The molecule has 8 nitrogen and oxygen atoms in total. The Balaban J connectivity index is 2.11. The Labute approximate surface area is 227 Å². The Kier molecular flexibility index (Phi) is 9.41. The Morgan fingerprint density at radius 2 is 1.76 bits per heavy atom. The first-order chi connectivity index (χ1) is 18.1. The Hall–Kier alpha value is -3.98. The van der Waals surface area contributed by atoms with Crippen LogP contribution in [0.5, 0.6) is 5.75 Å². The standard InChI is InChI=1S/C29H33N3O5S/c1-6-29(3,4)31-28(36)26(21-11-8-13-23(17-21)37-5)32(22-12-7-10-20(16-22)19(2)33)25(34)18-30-27(35)24-14-9-15-38-24/h7-17,26H,6,18H2,1-5H3,(H,30,35)(H,31,36). The number of ether oxygens (including phenoxy) is 1. The second-order valence-corrected chi connectivity index (χ2v) is 10.4.